The summed E-state index contributed by atoms with van der Waals surface area (Å²) in [6, 6.07) is 49.9. The van der Waals surface area contributed by atoms with Gasteiger partial charge >= 0.3 is 0 Å². The van der Waals surface area contributed by atoms with Crippen LogP contribution in [-0.2, 0) is 0 Å². The number of anilines is 3. The second kappa shape index (κ2) is 10.0. The molecule has 0 saturated heterocycles. The van der Waals surface area contributed by atoms with Crippen LogP contribution in [0.1, 0.15) is 11.3 Å². The van der Waals surface area contributed by atoms with Gasteiger partial charge < -0.3 is 9.32 Å². The molecule has 2 nitrogen and oxygen atoms in total. The number of benzene rings is 7. The summed E-state index contributed by atoms with van der Waals surface area (Å²) in [6.45, 7) is 6.14. The SMILES string of the molecule is C=Cc1c(C)oc2cccc(N(c3ccc(-c4ccccc4)cc3)c3ccc4c5ccccc5c5ccccc5c4c3)c12. The highest BCUT2D eigenvalue weighted by atomic mass is 16.3. The molecule has 0 amide bonds. The fourth-order valence-corrected chi connectivity index (χ4v) is 6.60. The van der Waals surface area contributed by atoms with Gasteiger partial charge in [0.25, 0.3) is 0 Å². The van der Waals surface area contributed by atoms with Gasteiger partial charge in [-0.25, -0.2) is 0 Å². The summed E-state index contributed by atoms with van der Waals surface area (Å²) < 4.78 is 6.21. The lowest BCUT2D eigenvalue weighted by Crippen LogP contribution is -2.10. The second-order valence-corrected chi connectivity index (χ2v) is 11.0. The largest absolute Gasteiger partial charge is 0.461 e. The molecule has 0 aliphatic heterocycles. The molecule has 43 heavy (non-hydrogen) atoms. The standard InChI is InChI=1S/C41H29NO/c1-3-32-27(2)43-40-19-11-18-39(41(32)40)42(30-22-20-29(21-23-30)28-12-5-4-6-13-28)31-24-25-37-35-16-8-7-14-33(35)34-15-9-10-17-36(34)38(37)26-31/h3-26H,1H2,2H3. The van der Waals surface area contributed by atoms with Gasteiger partial charge in [-0.2, -0.15) is 0 Å². The zero-order chi connectivity index (χ0) is 28.9. The van der Waals surface area contributed by atoms with E-state index >= 15 is 0 Å². The fraction of sp³-hybridized carbons (Fsp3) is 0.0244. The van der Waals surface area contributed by atoms with Crippen molar-refractivity contribution < 1.29 is 4.42 Å². The Kier molecular flexibility index (Phi) is 5.87. The summed E-state index contributed by atoms with van der Waals surface area (Å²) in [5.74, 6) is 0.868. The minimum absolute atomic E-state index is 0.855. The Morgan fingerprint density at radius 1 is 0.535 bits per heavy atom. The van der Waals surface area contributed by atoms with Gasteiger partial charge in [-0.3, -0.25) is 0 Å². The number of hydrogen-bond acceptors (Lipinski definition) is 2. The third kappa shape index (κ3) is 4.03. The van der Waals surface area contributed by atoms with Crippen molar-refractivity contribution in [1.29, 1.82) is 0 Å². The Labute approximate surface area is 250 Å². The first kappa shape index (κ1) is 25.1. The Morgan fingerprint density at radius 2 is 1.09 bits per heavy atom. The van der Waals surface area contributed by atoms with E-state index in [9.17, 15) is 0 Å². The van der Waals surface area contributed by atoms with Gasteiger partial charge in [0.15, 0.2) is 0 Å². The van der Waals surface area contributed by atoms with Crippen LogP contribution in [-0.4, -0.2) is 0 Å². The van der Waals surface area contributed by atoms with Gasteiger partial charge in [-0.05, 0) is 86.8 Å². The van der Waals surface area contributed by atoms with E-state index in [-0.39, 0.29) is 0 Å². The van der Waals surface area contributed by atoms with Crippen LogP contribution in [0.25, 0.3) is 60.5 Å². The third-order valence-electron chi connectivity index (χ3n) is 8.58. The summed E-state index contributed by atoms with van der Waals surface area (Å²) in [4.78, 5) is 2.35. The molecule has 204 valence electrons. The van der Waals surface area contributed by atoms with Crippen molar-refractivity contribution >= 4 is 66.4 Å². The Hall–Kier alpha value is -5.60. The van der Waals surface area contributed by atoms with E-state index in [4.69, 9.17) is 4.42 Å². The topological polar surface area (TPSA) is 16.4 Å². The average Bonchev–Trinajstić information content (AvgIpc) is 3.41. The maximum absolute atomic E-state index is 6.21. The van der Waals surface area contributed by atoms with Crippen LogP contribution in [0.4, 0.5) is 17.1 Å². The van der Waals surface area contributed by atoms with Crippen LogP contribution >= 0.6 is 0 Å². The van der Waals surface area contributed by atoms with Crippen LogP contribution in [0.2, 0.25) is 0 Å². The lowest BCUT2D eigenvalue weighted by Gasteiger charge is -2.27. The number of nitrogens with zero attached hydrogens (tertiary/aromatic N) is 1. The minimum atomic E-state index is 0.855. The van der Waals surface area contributed by atoms with Crippen molar-refractivity contribution in [2.75, 3.05) is 4.90 Å². The molecule has 0 radical (unpaired) electrons. The van der Waals surface area contributed by atoms with E-state index in [1.54, 1.807) is 0 Å². The average molecular weight is 552 g/mol. The van der Waals surface area contributed by atoms with E-state index < -0.39 is 0 Å². The van der Waals surface area contributed by atoms with Crippen LogP contribution in [0.15, 0.2) is 151 Å². The molecule has 0 bridgehead atoms. The molecule has 0 fully saturated rings. The lowest BCUT2D eigenvalue weighted by atomic mass is 9.94. The van der Waals surface area contributed by atoms with E-state index in [1.807, 2.05) is 19.1 Å². The number of fused-ring (bicyclic) bond motifs is 7. The molecular weight excluding hydrogens is 522 g/mol. The molecular formula is C41H29NO. The highest BCUT2D eigenvalue weighted by Gasteiger charge is 2.21. The molecule has 2 heteroatoms. The molecule has 8 rings (SSSR count). The Balaban J connectivity index is 1.41. The maximum Gasteiger partial charge on any atom is 0.137 e. The smallest absolute Gasteiger partial charge is 0.137 e. The van der Waals surface area contributed by atoms with Crippen LogP contribution in [0.5, 0.6) is 0 Å². The first-order valence-corrected chi connectivity index (χ1v) is 14.6. The zero-order valence-electron chi connectivity index (χ0n) is 23.9. The number of aryl methyl sites for hydroxylation is 1. The molecule has 0 aliphatic carbocycles. The molecule has 8 aromatic rings. The van der Waals surface area contributed by atoms with Crippen molar-refractivity contribution in [2.45, 2.75) is 6.92 Å². The number of rotatable bonds is 5. The summed E-state index contributed by atoms with van der Waals surface area (Å²) in [7, 11) is 0. The number of furan rings is 1. The lowest BCUT2D eigenvalue weighted by molar-refractivity contribution is 0.577. The monoisotopic (exact) mass is 551 g/mol. The summed E-state index contributed by atoms with van der Waals surface area (Å²) in [6.07, 6.45) is 1.90. The molecule has 1 heterocycles. The van der Waals surface area contributed by atoms with Gasteiger partial charge in [0.2, 0.25) is 0 Å². The van der Waals surface area contributed by atoms with Crippen molar-refractivity contribution in [1.82, 2.24) is 0 Å². The summed E-state index contributed by atoms with van der Waals surface area (Å²) in [5, 5.41) is 8.61. The van der Waals surface area contributed by atoms with Crippen molar-refractivity contribution in [3.63, 3.8) is 0 Å². The van der Waals surface area contributed by atoms with Crippen molar-refractivity contribution in [3.8, 4) is 11.1 Å². The fourth-order valence-electron chi connectivity index (χ4n) is 6.60. The molecule has 0 atom stereocenters. The van der Waals surface area contributed by atoms with Crippen molar-refractivity contribution in [2.24, 2.45) is 0 Å². The van der Waals surface area contributed by atoms with Crippen molar-refractivity contribution in [3.05, 3.63) is 157 Å². The maximum atomic E-state index is 6.21. The molecule has 0 N–H and O–H groups in total. The van der Waals surface area contributed by atoms with E-state index in [1.165, 1.54) is 43.4 Å². The van der Waals surface area contributed by atoms with Gasteiger partial charge in [0, 0.05) is 16.9 Å². The first-order chi connectivity index (χ1) is 21.2. The molecule has 0 aliphatic rings. The molecule has 0 saturated carbocycles. The molecule has 7 aromatic carbocycles. The van der Waals surface area contributed by atoms with E-state index in [2.05, 4.69) is 145 Å². The Bertz CT molecular complexity index is 2270. The summed E-state index contributed by atoms with van der Waals surface area (Å²) >= 11 is 0. The summed E-state index contributed by atoms with van der Waals surface area (Å²) in [5.41, 5.74) is 7.48. The minimum Gasteiger partial charge on any atom is -0.461 e. The normalized spacial score (nSPS) is 11.5. The first-order valence-electron chi connectivity index (χ1n) is 14.6. The highest BCUT2D eigenvalue weighted by molar-refractivity contribution is 6.25. The van der Waals surface area contributed by atoms with E-state index in [0.29, 0.717) is 0 Å². The molecule has 0 spiro atoms. The predicted octanol–water partition coefficient (Wildman–Crippen LogP) is 12.0. The number of hydrogen-bond donors (Lipinski definition) is 0. The molecule has 1 aromatic heterocycles. The van der Waals surface area contributed by atoms with Gasteiger partial charge in [-0.1, -0.05) is 116 Å². The predicted molar refractivity (Wildman–Crippen MR) is 184 cm³/mol. The van der Waals surface area contributed by atoms with Crippen LogP contribution in [0, 0.1) is 6.92 Å². The molecule has 0 unspecified atom stereocenters. The van der Waals surface area contributed by atoms with Gasteiger partial charge in [0.1, 0.15) is 11.3 Å². The van der Waals surface area contributed by atoms with Gasteiger partial charge in [0.05, 0.1) is 11.1 Å². The van der Waals surface area contributed by atoms with E-state index in [0.717, 1.165) is 39.4 Å². The highest BCUT2D eigenvalue weighted by Crippen LogP contribution is 2.44. The van der Waals surface area contributed by atoms with Crippen LogP contribution < -0.4 is 4.90 Å². The third-order valence-corrected chi connectivity index (χ3v) is 8.58. The zero-order valence-corrected chi connectivity index (χ0v) is 23.9. The van der Waals surface area contributed by atoms with Gasteiger partial charge in [-0.15, -0.1) is 0 Å². The second-order valence-electron chi connectivity index (χ2n) is 11.0. The Morgan fingerprint density at radius 3 is 1.74 bits per heavy atom. The van der Waals surface area contributed by atoms with Crippen LogP contribution in [0.3, 0.4) is 0 Å². The quantitative estimate of drug-likeness (QED) is 0.198.